The molecule has 1 spiro atoms. The van der Waals surface area contributed by atoms with Crippen LogP contribution in [0.2, 0.25) is 0 Å². The zero-order valence-electron chi connectivity index (χ0n) is 16.0. The van der Waals surface area contributed by atoms with Gasteiger partial charge in [0.05, 0.1) is 12.8 Å². The van der Waals surface area contributed by atoms with Crippen LogP contribution in [-0.4, -0.2) is 41.0 Å². The van der Waals surface area contributed by atoms with Crippen LogP contribution in [0.1, 0.15) is 59.3 Å². The summed E-state index contributed by atoms with van der Waals surface area (Å²) in [5, 5.41) is 8.76. The molecular weight excluding hydrogens is 356 g/mol. The lowest BCUT2D eigenvalue weighted by Gasteiger charge is -2.59. The van der Waals surface area contributed by atoms with E-state index in [-0.39, 0.29) is 30.6 Å². The number of esters is 1. The zero-order chi connectivity index (χ0) is 19.4. The fourth-order valence-electron chi connectivity index (χ4n) is 5.40. The van der Waals surface area contributed by atoms with Crippen molar-refractivity contribution in [2.75, 3.05) is 0 Å². The van der Waals surface area contributed by atoms with Crippen molar-refractivity contribution >= 4 is 11.9 Å². The third-order valence-electron chi connectivity index (χ3n) is 6.89. The number of carboxylic acid groups (broad SMARTS) is 1. The molecule has 1 saturated carbocycles. The van der Waals surface area contributed by atoms with Gasteiger partial charge in [-0.1, -0.05) is 13.8 Å². The lowest BCUT2D eigenvalue weighted by atomic mass is 9.58. The standard InChI is InChI=1S/C19H28O8/c1-10-4-5-13-11(2)16(23-15(22)7-6-14(20)21)24-17-19(13)12(10)8-9-18(3,25-17)26-27-19/h10-13,16-17H,4-9H2,1-3H3,(H,20,21)/t10-,11+,12+,13-,16-,17+,18-,19-/m1/s1. The largest absolute Gasteiger partial charge is 0.481 e. The molecule has 8 atom stereocenters. The molecule has 0 radical (unpaired) electrons. The Morgan fingerprint density at radius 3 is 2.63 bits per heavy atom. The van der Waals surface area contributed by atoms with Gasteiger partial charge in [0.25, 0.3) is 0 Å². The molecule has 1 aliphatic carbocycles. The Morgan fingerprint density at radius 1 is 1.11 bits per heavy atom. The van der Waals surface area contributed by atoms with E-state index in [2.05, 4.69) is 6.92 Å². The summed E-state index contributed by atoms with van der Waals surface area (Å²) < 4.78 is 17.8. The molecule has 0 unspecified atom stereocenters. The first-order valence-corrected chi connectivity index (χ1v) is 9.86. The Balaban J connectivity index is 1.58. The van der Waals surface area contributed by atoms with E-state index in [1.165, 1.54) is 0 Å². The fourth-order valence-corrected chi connectivity index (χ4v) is 5.40. The number of ether oxygens (including phenoxy) is 3. The first-order chi connectivity index (χ1) is 12.7. The molecule has 8 nitrogen and oxygen atoms in total. The fraction of sp³-hybridized carbons (Fsp3) is 0.895. The van der Waals surface area contributed by atoms with Gasteiger partial charge < -0.3 is 19.3 Å². The summed E-state index contributed by atoms with van der Waals surface area (Å²) in [6.45, 7) is 6.06. The summed E-state index contributed by atoms with van der Waals surface area (Å²) in [5.41, 5.74) is -0.697. The molecule has 4 aliphatic heterocycles. The molecule has 27 heavy (non-hydrogen) atoms. The highest BCUT2D eigenvalue weighted by atomic mass is 17.3. The van der Waals surface area contributed by atoms with Crippen LogP contribution in [0.15, 0.2) is 0 Å². The van der Waals surface area contributed by atoms with Gasteiger partial charge >= 0.3 is 11.9 Å². The highest BCUT2D eigenvalue weighted by Gasteiger charge is 2.69. The quantitative estimate of drug-likeness (QED) is 0.583. The van der Waals surface area contributed by atoms with Crippen molar-refractivity contribution in [3.8, 4) is 0 Å². The molecule has 4 saturated heterocycles. The number of carboxylic acids is 1. The van der Waals surface area contributed by atoms with Gasteiger partial charge in [0.15, 0.2) is 11.9 Å². The summed E-state index contributed by atoms with van der Waals surface area (Å²) >= 11 is 0. The predicted octanol–water partition coefficient (Wildman–Crippen LogP) is 2.60. The average Bonchev–Trinajstić information content (AvgIpc) is 2.84. The van der Waals surface area contributed by atoms with Crippen LogP contribution < -0.4 is 0 Å². The molecule has 4 heterocycles. The maximum atomic E-state index is 12.1. The Morgan fingerprint density at radius 2 is 1.89 bits per heavy atom. The molecule has 0 amide bonds. The maximum Gasteiger partial charge on any atom is 0.308 e. The van der Waals surface area contributed by atoms with Crippen molar-refractivity contribution in [1.29, 1.82) is 0 Å². The van der Waals surface area contributed by atoms with Gasteiger partial charge in [-0.2, -0.15) is 0 Å². The number of aliphatic carboxylic acids is 1. The van der Waals surface area contributed by atoms with Crippen LogP contribution in [0.4, 0.5) is 0 Å². The zero-order valence-corrected chi connectivity index (χ0v) is 16.0. The lowest BCUT2D eigenvalue weighted by Crippen LogP contribution is -2.70. The highest BCUT2D eigenvalue weighted by molar-refractivity contribution is 5.76. The third kappa shape index (κ3) is 3.06. The summed E-state index contributed by atoms with van der Waals surface area (Å²) in [5.74, 6) is -1.82. The van der Waals surface area contributed by atoms with Gasteiger partial charge in [0, 0.05) is 18.3 Å². The Bertz CT molecular complexity index is 623. The smallest absolute Gasteiger partial charge is 0.308 e. The summed E-state index contributed by atoms with van der Waals surface area (Å²) in [6.07, 6.45) is 1.72. The van der Waals surface area contributed by atoms with Crippen LogP contribution >= 0.6 is 0 Å². The van der Waals surface area contributed by atoms with E-state index in [9.17, 15) is 9.59 Å². The highest BCUT2D eigenvalue weighted by Crippen LogP contribution is 2.60. The van der Waals surface area contributed by atoms with Crippen LogP contribution in [-0.2, 0) is 33.6 Å². The Kier molecular flexibility index (Phi) is 4.73. The molecule has 5 aliphatic rings. The van der Waals surface area contributed by atoms with Crippen molar-refractivity contribution < 1.29 is 38.7 Å². The predicted molar refractivity (Wildman–Crippen MR) is 89.8 cm³/mol. The second kappa shape index (κ2) is 6.69. The summed E-state index contributed by atoms with van der Waals surface area (Å²) in [7, 11) is 0. The number of hydrogen-bond acceptors (Lipinski definition) is 7. The minimum absolute atomic E-state index is 0.0670. The van der Waals surface area contributed by atoms with Crippen molar-refractivity contribution in [2.45, 2.75) is 83.3 Å². The van der Waals surface area contributed by atoms with E-state index in [0.29, 0.717) is 12.3 Å². The third-order valence-corrected chi connectivity index (χ3v) is 6.89. The summed E-state index contributed by atoms with van der Waals surface area (Å²) in [4.78, 5) is 34.5. The second-order valence-corrected chi connectivity index (χ2v) is 8.66. The minimum atomic E-state index is -1.03. The van der Waals surface area contributed by atoms with Gasteiger partial charge in [0.1, 0.15) is 0 Å². The first kappa shape index (κ1) is 19.1. The number of rotatable bonds is 4. The van der Waals surface area contributed by atoms with Crippen LogP contribution in [0.3, 0.4) is 0 Å². The number of carbonyl (C=O) groups is 2. The number of carbonyl (C=O) groups excluding carboxylic acids is 1. The molecule has 5 rings (SSSR count). The Hall–Kier alpha value is -1.22. The van der Waals surface area contributed by atoms with Crippen LogP contribution in [0, 0.1) is 23.7 Å². The molecule has 5 fully saturated rings. The molecule has 0 aromatic carbocycles. The molecule has 2 bridgehead atoms. The normalized spacial score (nSPS) is 48.4. The monoisotopic (exact) mass is 384 g/mol. The average molecular weight is 384 g/mol. The first-order valence-electron chi connectivity index (χ1n) is 9.86. The maximum absolute atomic E-state index is 12.1. The van der Waals surface area contributed by atoms with Crippen molar-refractivity contribution in [3.63, 3.8) is 0 Å². The molecular formula is C19H28O8. The number of hydrogen-bond donors (Lipinski definition) is 1. The molecule has 8 heteroatoms. The molecule has 0 aromatic rings. The Labute approximate surface area is 158 Å². The topological polar surface area (TPSA) is 101 Å². The van der Waals surface area contributed by atoms with Crippen LogP contribution in [0.5, 0.6) is 0 Å². The van der Waals surface area contributed by atoms with E-state index in [1.807, 2.05) is 13.8 Å². The van der Waals surface area contributed by atoms with E-state index in [4.69, 9.17) is 29.1 Å². The minimum Gasteiger partial charge on any atom is -0.481 e. The summed E-state index contributed by atoms with van der Waals surface area (Å²) in [6, 6.07) is 0. The SMILES string of the molecule is C[C@@H]1[C@H](OC(=O)CCC(=O)O)O[C@H]2O[C@@]3(C)CC[C@H]4[C@H](C)CC[C@H]1[C@@]24OO3. The molecule has 152 valence electrons. The van der Waals surface area contributed by atoms with Gasteiger partial charge in [-0.05, 0) is 38.0 Å². The van der Waals surface area contributed by atoms with E-state index in [1.54, 1.807) is 0 Å². The molecule has 0 aromatic heterocycles. The lowest BCUT2D eigenvalue weighted by molar-refractivity contribution is -0.576. The van der Waals surface area contributed by atoms with Gasteiger partial charge in [-0.15, -0.1) is 0 Å². The van der Waals surface area contributed by atoms with Crippen molar-refractivity contribution in [3.05, 3.63) is 0 Å². The van der Waals surface area contributed by atoms with Crippen molar-refractivity contribution in [1.82, 2.24) is 0 Å². The van der Waals surface area contributed by atoms with E-state index < -0.39 is 35.9 Å². The van der Waals surface area contributed by atoms with Crippen molar-refractivity contribution in [2.24, 2.45) is 23.7 Å². The van der Waals surface area contributed by atoms with E-state index in [0.717, 1.165) is 19.3 Å². The number of fused-ring (bicyclic) bond motifs is 2. The van der Waals surface area contributed by atoms with Gasteiger partial charge in [-0.25, -0.2) is 9.78 Å². The van der Waals surface area contributed by atoms with Gasteiger partial charge in [0.2, 0.25) is 12.1 Å². The second-order valence-electron chi connectivity index (χ2n) is 8.66. The molecule has 1 N–H and O–H groups in total. The van der Waals surface area contributed by atoms with E-state index >= 15 is 0 Å². The van der Waals surface area contributed by atoms with Gasteiger partial charge in [-0.3, -0.25) is 9.59 Å². The van der Waals surface area contributed by atoms with Crippen LogP contribution in [0.25, 0.3) is 0 Å².